The van der Waals surface area contributed by atoms with Gasteiger partial charge in [0.05, 0.1) is 5.69 Å². The first-order valence-corrected chi connectivity index (χ1v) is 5.30. The van der Waals surface area contributed by atoms with Gasteiger partial charge in [0.25, 0.3) is 0 Å². The molecule has 0 aromatic carbocycles. The molecule has 5 nitrogen and oxygen atoms in total. The molecule has 0 bridgehead atoms. The van der Waals surface area contributed by atoms with Gasteiger partial charge in [0.15, 0.2) is 0 Å². The van der Waals surface area contributed by atoms with E-state index in [1.165, 1.54) is 0 Å². The Hall–Kier alpha value is -1.49. The van der Waals surface area contributed by atoms with Crippen LogP contribution in [0, 0.1) is 0 Å². The van der Waals surface area contributed by atoms with Crippen molar-refractivity contribution in [2.24, 2.45) is 0 Å². The molecule has 1 rings (SSSR count). The van der Waals surface area contributed by atoms with Crippen molar-refractivity contribution in [1.82, 2.24) is 20.2 Å². The van der Waals surface area contributed by atoms with E-state index in [1.54, 1.807) is 37.6 Å². The second kappa shape index (κ2) is 6.17. The molecule has 1 aromatic heterocycles. The van der Waals surface area contributed by atoms with Crippen molar-refractivity contribution < 1.29 is 4.79 Å². The highest BCUT2D eigenvalue weighted by Gasteiger charge is 2.08. The molecule has 0 radical (unpaired) electrons. The zero-order chi connectivity index (χ0) is 12.0. The predicted molar refractivity (Wildman–Crippen MR) is 61.8 cm³/mol. The molecule has 0 saturated carbocycles. The number of aromatic nitrogens is 2. The molecular weight excluding hydrogens is 204 g/mol. The maximum Gasteiger partial charge on any atom is 0.223 e. The average molecular weight is 222 g/mol. The Kier molecular flexibility index (Phi) is 4.85. The van der Waals surface area contributed by atoms with E-state index in [4.69, 9.17) is 0 Å². The van der Waals surface area contributed by atoms with E-state index in [9.17, 15) is 4.79 Å². The fourth-order valence-electron chi connectivity index (χ4n) is 1.26. The average Bonchev–Trinajstić information content (AvgIpc) is 2.29. The molecule has 5 heteroatoms. The molecule has 1 atom stereocenters. The largest absolute Gasteiger partial charge is 0.349 e. The molecule has 88 valence electrons. The van der Waals surface area contributed by atoms with Crippen LogP contribution in [0.4, 0.5) is 0 Å². The lowest BCUT2D eigenvalue weighted by atomic mass is 10.2. The number of rotatable bonds is 5. The topological polar surface area (TPSA) is 58.1 Å². The van der Waals surface area contributed by atoms with Crippen molar-refractivity contribution in [3.8, 4) is 0 Å². The minimum Gasteiger partial charge on any atom is -0.349 e. The lowest BCUT2D eigenvalue weighted by Gasteiger charge is -2.14. The van der Waals surface area contributed by atoms with E-state index in [0.717, 1.165) is 5.69 Å². The summed E-state index contributed by atoms with van der Waals surface area (Å²) in [6, 6.07) is 0.115. The normalized spacial score (nSPS) is 12.2. The van der Waals surface area contributed by atoms with Crippen LogP contribution in [-0.4, -0.2) is 41.4 Å². The third-order valence-corrected chi connectivity index (χ3v) is 2.31. The van der Waals surface area contributed by atoms with Gasteiger partial charge in [-0.1, -0.05) is 0 Å². The maximum absolute atomic E-state index is 11.3. The van der Waals surface area contributed by atoms with E-state index < -0.39 is 0 Å². The molecule has 1 N–H and O–H groups in total. The number of nitrogens with one attached hydrogen (secondary N) is 1. The Morgan fingerprint density at radius 2 is 2.25 bits per heavy atom. The standard InChI is InChI=1S/C11H18N4O/c1-9(10-8-12-6-7-14-10)13-5-4-11(16)15(2)3/h6-9,13H,4-5H2,1-3H3. The van der Waals surface area contributed by atoms with Crippen LogP contribution in [0.3, 0.4) is 0 Å². The number of hydrogen-bond acceptors (Lipinski definition) is 4. The zero-order valence-corrected chi connectivity index (χ0v) is 9.97. The van der Waals surface area contributed by atoms with Gasteiger partial charge in [0.2, 0.25) is 5.91 Å². The molecule has 1 heterocycles. The molecule has 0 aliphatic rings. The second-order valence-corrected chi connectivity index (χ2v) is 3.84. The first-order chi connectivity index (χ1) is 7.61. The molecule has 0 saturated heterocycles. The van der Waals surface area contributed by atoms with Gasteiger partial charge in [-0.2, -0.15) is 0 Å². The summed E-state index contributed by atoms with van der Waals surface area (Å²) in [5, 5.41) is 3.23. The molecular formula is C11H18N4O. The van der Waals surface area contributed by atoms with Crippen LogP contribution in [0.15, 0.2) is 18.6 Å². The third-order valence-electron chi connectivity index (χ3n) is 2.31. The van der Waals surface area contributed by atoms with E-state index in [-0.39, 0.29) is 11.9 Å². The number of amides is 1. The summed E-state index contributed by atoms with van der Waals surface area (Å²) in [6.45, 7) is 2.65. The van der Waals surface area contributed by atoms with Gasteiger partial charge in [-0.05, 0) is 6.92 Å². The van der Waals surface area contributed by atoms with Crippen molar-refractivity contribution in [2.45, 2.75) is 19.4 Å². The van der Waals surface area contributed by atoms with Crippen molar-refractivity contribution in [2.75, 3.05) is 20.6 Å². The summed E-state index contributed by atoms with van der Waals surface area (Å²) >= 11 is 0. The van der Waals surface area contributed by atoms with Gasteiger partial charge < -0.3 is 10.2 Å². The van der Waals surface area contributed by atoms with Crippen LogP contribution >= 0.6 is 0 Å². The van der Waals surface area contributed by atoms with Crippen LogP contribution in [0.25, 0.3) is 0 Å². The SMILES string of the molecule is CC(NCCC(=O)N(C)C)c1cnccn1. The maximum atomic E-state index is 11.3. The first-order valence-electron chi connectivity index (χ1n) is 5.30. The number of nitrogens with zero attached hydrogens (tertiary/aromatic N) is 3. The first kappa shape index (κ1) is 12.6. The Morgan fingerprint density at radius 3 is 2.81 bits per heavy atom. The smallest absolute Gasteiger partial charge is 0.223 e. The predicted octanol–water partition coefficient (Wildman–Crippen LogP) is 0.605. The van der Waals surface area contributed by atoms with Crippen molar-refractivity contribution in [3.05, 3.63) is 24.3 Å². The van der Waals surface area contributed by atoms with E-state index in [1.807, 2.05) is 6.92 Å². The highest BCUT2D eigenvalue weighted by molar-refractivity contribution is 5.75. The van der Waals surface area contributed by atoms with E-state index in [0.29, 0.717) is 13.0 Å². The summed E-state index contributed by atoms with van der Waals surface area (Å²) in [7, 11) is 3.52. The van der Waals surface area contributed by atoms with Crippen LogP contribution in [0.1, 0.15) is 25.1 Å². The van der Waals surface area contributed by atoms with Crippen molar-refractivity contribution in [1.29, 1.82) is 0 Å². The highest BCUT2D eigenvalue weighted by atomic mass is 16.2. The number of hydrogen-bond donors (Lipinski definition) is 1. The molecule has 1 unspecified atom stereocenters. The second-order valence-electron chi connectivity index (χ2n) is 3.84. The van der Waals surface area contributed by atoms with Gasteiger partial charge in [-0.15, -0.1) is 0 Å². The summed E-state index contributed by atoms with van der Waals surface area (Å²) in [6.07, 6.45) is 5.54. The molecule has 0 aliphatic heterocycles. The van der Waals surface area contributed by atoms with Gasteiger partial charge in [0.1, 0.15) is 0 Å². The monoisotopic (exact) mass is 222 g/mol. The summed E-state index contributed by atoms with van der Waals surface area (Å²) in [4.78, 5) is 21.1. The Balaban J connectivity index is 2.31. The molecule has 1 amide bonds. The van der Waals surface area contributed by atoms with Crippen molar-refractivity contribution >= 4 is 5.91 Å². The minimum absolute atomic E-state index is 0.115. The number of carbonyl (C=O) groups excluding carboxylic acids is 1. The molecule has 16 heavy (non-hydrogen) atoms. The van der Waals surface area contributed by atoms with Crippen LogP contribution in [0.2, 0.25) is 0 Å². The van der Waals surface area contributed by atoms with Gasteiger partial charge in [0, 0.05) is 51.7 Å². The van der Waals surface area contributed by atoms with Gasteiger partial charge in [-0.25, -0.2) is 0 Å². The zero-order valence-electron chi connectivity index (χ0n) is 9.97. The lowest BCUT2D eigenvalue weighted by molar-refractivity contribution is -0.128. The Labute approximate surface area is 95.9 Å². The van der Waals surface area contributed by atoms with Crippen molar-refractivity contribution in [3.63, 3.8) is 0 Å². The van der Waals surface area contributed by atoms with Gasteiger partial charge in [-0.3, -0.25) is 14.8 Å². The molecule has 0 spiro atoms. The molecule has 0 aliphatic carbocycles. The molecule has 0 fully saturated rings. The van der Waals surface area contributed by atoms with E-state index >= 15 is 0 Å². The summed E-state index contributed by atoms with van der Waals surface area (Å²) < 4.78 is 0. The number of carbonyl (C=O) groups is 1. The third kappa shape index (κ3) is 3.94. The van der Waals surface area contributed by atoms with Crippen LogP contribution < -0.4 is 5.32 Å². The Bertz CT molecular complexity index is 326. The van der Waals surface area contributed by atoms with E-state index in [2.05, 4.69) is 15.3 Å². The fraction of sp³-hybridized carbons (Fsp3) is 0.545. The summed E-state index contributed by atoms with van der Waals surface area (Å²) in [5.74, 6) is 0.124. The van der Waals surface area contributed by atoms with Crippen LogP contribution in [-0.2, 0) is 4.79 Å². The van der Waals surface area contributed by atoms with Crippen LogP contribution in [0.5, 0.6) is 0 Å². The lowest BCUT2D eigenvalue weighted by Crippen LogP contribution is -2.28. The summed E-state index contributed by atoms with van der Waals surface area (Å²) in [5.41, 5.74) is 0.889. The molecule has 1 aromatic rings. The highest BCUT2D eigenvalue weighted by Crippen LogP contribution is 2.05. The van der Waals surface area contributed by atoms with Gasteiger partial charge >= 0.3 is 0 Å². The fourth-order valence-corrected chi connectivity index (χ4v) is 1.26. The Morgan fingerprint density at radius 1 is 1.50 bits per heavy atom. The minimum atomic E-state index is 0.115. The quantitative estimate of drug-likeness (QED) is 0.793.